The zero-order valence-corrected chi connectivity index (χ0v) is 16.7. The molecule has 2 aromatic rings. The number of hydrogen-bond acceptors (Lipinski definition) is 11. The lowest BCUT2D eigenvalue weighted by Gasteiger charge is -2.18. The zero-order valence-electron chi connectivity index (χ0n) is 16.7. The van der Waals surface area contributed by atoms with E-state index in [2.05, 4.69) is 15.0 Å². The molecule has 15 nitrogen and oxygen atoms in total. The van der Waals surface area contributed by atoms with Gasteiger partial charge in [0.1, 0.15) is 26.0 Å². The maximum absolute atomic E-state index is 11.8. The summed E-state index contributed by atoms with van der Waals surface area (Å²) < 4.78 is 16.8. The second kappa shape index (κ2) is 11.4. The van der Waals surface area contributed by atoms with Gasteiger partial charge in [-0.3, -0.25) is 33.5 Å². The number of aromatic amines is 1. The first-order valence-electron chi connectivity index (χ1n) is 9.22. The number of nitrogens with zero attached hydrogens (tertiary/aromatic N) is 3. The summed E-state index contributed by atoms with van der Waals surface area (Å²) in [6, 6.07) is 0. The Labute approximate surface area is 179 Å². The van der Waals surface area contributed by atoms with Gasteiger partial charge in [0.25, 0.3) is 5.56 Å². The Morgan fingerprint density at radius 2 is 1.59 bits per heavy atom. The minimum absolute atomic E-state index is 0.0135. The van der Waals surface area contributed by atoms with Crippen molar-refractivity contribution in [2.24, 2.45) is 0 Å². The molecular weight excluding hydrogens is 434 g/mol. The summed E-state index contributed by atoms with van der Waals surface area (Å²) in [4.78, 5) is 66.4. The summed E-state index contributed by atoms with van der Waals surface area (Å²) in [6.45, 7) is -1.00. The van der Waals surface area contributed by atoms with Gasteiger partial charge >= 0.3 is 23.9 Å². The summed E-state index contributed by atoms with van der Waals surface area (Å²) in [5.74, 6) is -4.08. The molecular formula is C17H21N5O10. The minimum atomic E-state index is -1.17. The smallest absolute Gasteiger partial charge is 0.306 e. The molecule has 0 aromatic carbocycles. The van der Waals surface area contributed by atoms with E-state index in [4.69, 9.17) is 30.2 Å². The number of nitrogens with one attached hydrogen (secondary N) is 1. The number of aliphatic carboxylic acids is 2. The van der Waals surface area contributed by atoms with E-state index in [-0.39, 0.29) is 49.9 Å². The molecule has 0 radical (unpaired) electrons. The van der Waals surface area contributed by atoms with E-state index < -0.39 is 48.4 Å². The normalized spacial score (nSPS) is 10.9. The van der Waals surface area contributed by atoms with Gasteiger partial charge in [0.2, 0.25) is 5.95 Å². The number of nitrogens with two attached hydrogens (primary N) is 1. The number of carbonyl (C=O) groups is 4. The molecule has 2 rings (SSSR count). The van der Waals surface area contributed by atoms with Crippen molar-refractivity contribution in [3.63, 3.8) is 0 Å². The van der Waals surface area contributed by atoms with E-state index in [1.54, 1.807) is 0 Å². The molecule has 5 N–H and O–H groups in total. The molecule has 0 aliphatic carbocycles. The van der Waals surface area contributed by atoms with Crippen LogP contribution in [0.25, 0.3) is 11.2 Å². The first-order chi connectivity index (χ1) is 15.2. The summed E-state index contributed by atoms with van der Waals surface area (Å²) in [5, 5.41) is 17.2. The van der Waals surface area contributed by atoms with Crippen LogP contribution in [-0.4, -0.2) is 72.9 Å². The van der Waals surface area contributed by atoms with Crippen LogP contribution < -0.4 is 11.3 Å². The number of nitrogen functional groups attached to an aromatic ring is 1. The molecule has 2 heterocycles. The molecule has 32 heavy (non-hydrogen) atoms. The van der Waals surface area contributed by atoms with Gasteiger partial charge in [0, 0.05) is 0 Å². The topological polar surface area (TPSA) is 226 Å². The Kier molecular flexibility index (Phi) is 8.64. The highest BCUT2D eigenvalue weighted by Crippen LogP contribution is 2.09. The van der Waals surface area contributed by atoms with E-state index in [1.807, 2.05) is 0 Å². The number of carbonyl (C=O) groups excluding carboxylic acids is 2. The molecule has 0 aliphatic rings. The van der Waals surface area contributed by atoms with Gasteiger partial charge < -0.3 is 30.2 Å². The van der Waals surface area contributed by atoms with E-state index in [0.717, 1.165) is 0 Å². The Hall–Kier alpha value is -4.01. The van der Waals surface area contributed by atoms with Crippen LogP contribution in [0, 0.1) is 0 Å². The van der Waals surface area contributed by atoms with Crippen LogP contribution in [0.1, 0.15) is 25.7 Å². The maximum atomic E-state index is 11.8. The highest BCUT2D eigenvalue weighted by Gasteiger charge is 2.18. The molecule has 15 heteroatoms. The number of carboxylic acids is 2. The molecule has 0 aliphatic heterocycles. The number of hydrogen-bond donors (Lipinski definition) is 4. The van der Waals surface area contributed by atoms with Crippen molar-refractivity contribution in [3.8, 4) is 0 Å². The Morgan fingerprint density at radius 3 is 2.12 bits per heavy atom. The molecule has 0 amide bonds. The molecule has 174 valence electrons. The lowest BCUT2D eigenvalue weighted by molar-refractivity contribution is -0.159. The van der Waals surface area contributed by atoms with Crippen molar-refractivity contribution in [2.45, 2.75) is 38.5 Å². The standard InChI is InChI=1S/C17H21N5O10/c18-17-20-15-14(16(29)21-17)19-7-22(15)8-32-9(5-30-12(27)3-1-10(23)24)6-31-13(28)4-2-11(25)26/h7,9H,1-6,8H2,(H,23,24)(H,25,26)(H3,18,20,21,29). The molecule has 0 saturated carbocycles. The van der Waals surface area contributed by atoms with Gasteiger partial charge in [-0.2, -0.15) is 4.98 Å². The third kappa shape index (κ3) is 7.67. The van der Waals surface area contributed by atoms with Gasteiger partial charge in [0.05, 0.1) is 32.0 Å². The van der Waals surface area contributed by atoms with Crippen LogP contribution >= 0.6 is 0 Å². The van der Waals surface area contributed by atoms with E-state index in [0.29, 0.717) is 0 Å². The van der Waals surface area contributed by atoms with Gasteiger partial charge in [-0.25, -0.2) is 4.98 Å². The summed E-state index contributed by atoms with van der Waals surface area (Å²) in [6.07, 6.45) is -1.29. The van der Waals surface area contributed by atoms with Crippen molar-refractivity contribution in [1.82, 2.24) is 19.5 Å². The lowest BCUT2D eigenvalue weighted by Crippen LogP contribution is -2.29. The summed E-state index contributed by atoms with van der Waals surface area (Å²) in [5.41, 5.74) is 5.11. The first-order valence-corrected chi connectivity index (χ1v) is 9.22. The lowest BCUT2D eigenvalue weighted by atomic mass is 10.3. The Balaban J connectivity index is 2.00. The average Bonchev–Trinajstić information content (AvgIpc) is 3.13. The van der Waals surface area contributed by atoms with Crippen LogP contribution in [0.4, 0.5) is 5.95 Å². The number of anilines is 1. The summed E-state index contributed by atoms with van der Waals surface area (Å²) >= 11 is 0. The number of aromatic nitrogens is 4. The maximum Gasteiger partial charge on any atom is 0.306 e. The molecule has 0 spiro atoms. The zero-order chi connectivity index (χ0) is 23.7. The van der Waals surface area contributed by atoms with Crippen LogP contribution in [-0.2, 0) is 40.1 Å². The van der Waals surface area contributed by atoms with Gasteiger partial charge in [-0.05, 0) is 0 Å². The molecule has 0 fully saturated rings. The van der Waals surface area contributed by atoms with Crippen LogP contribution in [0.3, 0.4) is 0 Å². The van der Waals surface area contributed by atoms with E-state index in [9.17, 15) is 24.0 Å². The Morgan fingerprint density at radius 1 is 1.03 bits per heavy atom. The summed E-state index contributed by atoms with van der Waals surface area (Å²) in [7, 11) is 0. The third-order valence-corrected chi connectivity index (χ3v) is 3.89. The van der Waals surface area contributed by atoms with Crippen molar-refractivity contribution >= 4 is 41.0 Å². The first kappa shape index (κ1) is 24.3. The number of carboxylic acid groups (broad SMARTS) is 2. The highest BCUT2D eigenvalue weighted by molar-refractivity contribution is 5.77. The molecule has 0 unspecified atom stereocenters. The largest absolute Gasteiger partial charge is 0.481 e. The van der Waals surface area contributed by atoms with Crippen molar-refractivity contribution in [3.05, 3.63) is 16.7 Å². The number of rotatable bonds is 13. The number of fused-ring (bicyclic) bond motifs is 1. The highest BCUT2D eigenvalue weighted by atomic mass is 16.6. The fourth-order valence-corrected chi connectivity index (χ4v) is 2.33. The fraction of sp³-hybridized carbons (Fsp3) is 0.471. The van der Waals surface area contributed by atoms with Crippen LogP contribution in [0.2, 0.25) is 0 Å². The molecule has 0 bridgehead atoms. The molecule has 0 atom stereocenters. The second-order valence-corrected chi connectivity index (χ2v) is 6.41. The van der Waals surface area contributed by atoms with E-state index in [1.165, 1.54) is 10.9 Å². The van der Waals surface area contributed by atoms with Crippen LogP contribution in [0.5, 0.6) is 0 Å². The van der Waals surface area contributed by atoms with Gasteiger partial charge in [0.15, 0.2) is 11.2 Å². The van der Waals surface area contributed by atoms with Gasteiger partial charge in [-0.15, -0.1) is 0 Å². The monoisotopic (exact) mass is 455 g/mol. The third-order valence-electron chi connectivity index (χ3n) is 3.89. The Bertz CT molecular complexity index is 1010. The average molecular weight is 455 g/mol. The van der Waals surface area contributed by atoms with Gasteiger partial charge in [-0.1, -0.05) is 0 Å². The van der Waals surface area contributed by atoms with Crippen molar-refractivity contribution in [2.75, 3.05) is 18.9 Å². The SMILES string of the molecule is Nc1nc2c(ncn2COC(COC(=O)CCC(=O)O)COC(=O)CCC(=O)O)c(=O)[nH]1. The minimum Gasteiger partial charge on any atom is -0.481 e. The number of ether oxygens (including phenoxy) is 3. The number of imidazole rings is 1. The van der Waals surface area contributed by atoms with Crippen molar-refractivity contribution in [1.29, 1.82) is 0 Å². The fourth-order valence-electron chi connectivity index (χ4n) is 2.33. The molecule has 0 saturated heterocycles. The second-order valence-electron chi connectivity index (χ2n) is 6.41. The van der Waals surface area contributed by atoms with E-state index >= 15 is 0 Å². The molecule has 2 aromatic heterocycles. The number of esters is 2. The van der Waals surface area contributed by atoms with Crippen LogP contribution in [0.15, 0.2) is 11.1 Å². The predicted octanol–water partition coefficient (Wildman–Crippen LogP) is -1.14. The quantitative estimate of drug-likeness (QED) is 0.262. The number of H-pyrrole nitrogens is 1. The predicted molar refractivity (Wildman–Crippen MR) is 103 cm³/mol. The van der Waals surface area contributed by atoms with Crippen molar-refractivity contribution < 1.29 is 43.6 Å².